The zero-order valence-electron chi connectivity index (χ0n) is 17.4. The molecule has 0 radical (unpaired) electrons. The number of likely N-dealkylation sites (tertiary alicyclic amines) is 1. The number of hydrogen-bond donors (Lipinski definition) is 1. The van der Waals surface area contributed by atoms with Crippen molar-refractivity contribution in [1.29, 1.82) is 0 Å². The predicted molar refractivity (Wildman–Crippen MR) is 122 cm³/mol. The van der Waals surface area contributed by atoms with E-state index in [4.69, 9.17) is 25.5 Å². The Hall–Kier alpha value is -3.03. The second-order valence-electron chi connectivity index (χ2n) is 7.75. The number of nitrogens with one attached hydrogen (secondary N) is 1. The van der Waals surface area contributed by atoms with E-state index in [0.717, 1.165) is 47.9 Å². The summed E-state index contributed by atoms with van der Waals surface area (Å²) < 4.78 is 17.6. The van der Waals surface area contributed by atoms with Crippen molar-refractivity contribution in [3.63, 3.8) is 0 Å². The van der Waals surface area contributed by atoms with Gasteiger partial charge in [-0.05, 0) is 32.0 Å². The lowest BCUT2D eigenvalue weighted by Crippen LogP contribution is -2.35. The quantitative estimate of drug-likeness (QED) is 0.456. The van der Waals surface area contributed by atoms with Crippen LogP contribution >= 0.6 is 11.6 Å². The summed E-state index contributed by atoms with van der Waals surface area (Å²) in [6.07, 6.45) is 5.13. The van der Waals surface area contributed by atoms with Gasteiger partial charge in [-0.25, -0.2) is 9.97 Å². The van der Waals surface area contributed by atoms with Gasteiger partial charge in [0.15, 0.2) is 5.58 Å². The molecule has 7 nitrogen and oxygen atoms in total. The van der Waals surface area contributed by atoms with E-state index >= 15 is 0 Å². The van der Waals surface area contributed by atoms with Gasteiger partial charge in [0.1, 0.15) is 36.0 Å². The average molecular weight is 439 g/mol. The van der Waals surface area contributed by atoms with Crippen LogP contribution in [0.2, 0.25) is 5.02 Å². The highest BCUT2D eigenvalue weighted by Crippen LogP contribution is 2.38. The minimum Gasteiger partial charge on any atom is -0.497 e. The van der Waals surface area contributed by atoms with Crippen LogP contribution in [0.4, 0.5) is 11.5 Å². The Morgan fingerprint density at radius 2 is 2.03 bits per heavy atom. The third-order valence-electron chi connectivity index (χ3n) is 5.68. The SMILES string of the molecule is COc1cc(OC2CCN(C)CC2)c2c(Nc3cccc4c(Cl)coc34)ncnc2c1. The van der Waals surface area contributed by atoms with Crippen LogP contribution in [-0.4, -0.2) is 48.2 Å². The second kappa shape index (κ2) is 8.24. The van der Waals surface area contributed by atoms with Gasteiger partial charge in [-0.3, -0.25) is 0 Å². The van der Waals surface area contributed by atoms with E-state index in [1.165, 1.54) is 12.6 Å². The first kappa shape index (κ1) is 19.9. The molecular formula is C23H23ClN4O3. The molecule has 4 aromatic rings. The van der Waals surface area contributed by atoms with Gasteiger partial charge in [0.25, 0.3) is 0 Å². The molecule has 2 aromatic heterocycles. The highest BCUT2D eigenvalue weighted by molar-refractivity contribution is 6.35. The summed E-state index contributed by atoms with van der Waals surface area (Å²) in [6, 6.07) is 9.56. The van der Waals surface area contributed by atoms with Crippen LogP contribution in [0.15, 0.2) is 47.3 Å². The third-order valence-corrected chi connectivity index (χ3v) is 5.97. The Kier molecular flexibility index (Phi) is 5.29. The van der Waals surface area contributed by atoms with Crippen LogP contribution in [0.1, 0.15) is 12.8 Å². The van der Waals surface area contributed by atoms with E-state index in [0.29, 0.717) is 27.9 Å². The number of anilines is 2. The van der Waals surface area contributed by atoms with E-state index in [2.05, 4.69) is 27.2 Å². The number of ether oxygens (including phenoxy) is 2. The fourth-order valence-electron chi connectivity index (χ4n) is 3.97. The second-order valence-corrected chi connectivity index (χ2v) is 8.16. The summed E-state index contributed by atoms with van der Waals surface area (Å²) in [7, 11) is 3.77. The minimum atomic E-state index is 0.131. The first-order valence-electron chi connectivity index (χ1n) is 10.2. The van der Waals surface area contributed by atoms with Gasteiger partial charge in [0, 0.05) is 30.6 Å². The van der Waals surface area contributed by atoms with Gasteiger partial charge in [-0.2, -0.15) is 0 Å². The summed E-state index contributed by atoms with van der Waals surface area (Å²) in [4.78, 5) is 11.3. The Morgan fingerprint density at radius 3 is 2.84 bits per heavy atom. The van der Waals surface area contributed by atoms with Crippen LogP contribution in [0.3, 0.4) is 0 Å². The van der Waals surface area contributed by atoms with Gasteiger partial charge in [-0.15, -0.1) is 0 Å². The minimum absolute atomic E-state index is 0.131. The number of benzene rings is 2. The normalized spacial score (nSPS) is 15.5. The van der Waals surface area contributed by atoms with Crippen LogP contribution < -0.4 is 14.8 Å². The summed E-state index contributed by atoms with van der Waals surface area (Å²) in [5.41, 5.74) is 2.18. The van der Waals surface area contributed by atoms with E-state index in [1.807, 2.05) is 30.3 Å². The lowest BCUT2D eigenvalue weighted by molar-refractivity contribution is 0.115. The van der Waals surface area contributed by atoms with Crippen LogP contribution in [0.5, 0.6) is 11.5 Å². The zero-order chi connectivity index (χ0) is 21.4. The molecule has 2 aromatic carbocycles. The molecular weight excluding hydrogens is 416 g/mol. The average Bonchev–Trinajstić information content (AvgIpc) is 3.17. The highest BCUT2D eigenvalue weighted by Gasteiger charge is 2.21. The van der Waals surface area contributed by atoms with Crippen molar-refractivity contribution in [3.8, 4) is 11.5 Å². The molecule has 0 saturated carbocycles. The number of hydrogen-bond acceptors (Lipinski definition) is 7. The highest BCUT2D eigenvalue weighted by atomic mass is 35.5. The molecule has 1 aliphatic rings. The van der Waals surface area contributed by atoms with Gasteiger partial charge >= 0.3 is 0 Å². The molecule has 0 spiro atoms. The first-order valence-corrected chi connectivity index (χ1v) is 10.6. The molecule has 1 N–H and O–H groups in total. The number of halogens is 1. The van der Waals surface area contributed by atoms with E-state index in [9.17, 15) is 0 Å². The maximum Gasteiger partial charge on any atom is 0.158 e. The summed E-state index contributed by atoms with van der Waals surface area (Å²) in [5, 5.41) is 5.61. The maximum absolute atomic E-state index is 6.46. The van der Waals surface area contributed by atoms with Crippen molar-refractivity contribution in [3.05, 3.63) is 47.9 Å². The van der Waals surface area contributed by atoms with Gasteiger partial charge < -0.3 is 24.1 Å². The van der Waals surface area contributed by atoms with Gasteiger partial charge in [-0.1, -0.05) is 17.7 Å². The molecule has 0 atom stereocenters. The fraction of sp³-hybridized carbons (Fsp3) is 0.304. The number of rotatable bonds is 5. The van der Waals surface area contributed by atoms with Crippen molar-refractivity contribution < 1.29 is 13.9 Å². The monoisotopic (exact) mass is 438 g/mol. The number of nitrogens with zero attached hydrogens (tertiary/aromatic N) is 3. The number of furan rings is 1. The fourth-order valence-corrected chi connectivity index (χ4v) is 4.16. The molecule has 160 valence electrons. The van der Waals surface area contributed by atoms with Crippen LogP contribution in [0, 0.1) is 0 Å². The van der Waals surface area contributed by atoms with Crippen LogP contribution in [0.25, 0.3) is 21.9 Å². The Bertz CT molecular complexity index is 1230. The molecule has 1 fully saturated rings. The molecule has 8 heteroatoms. The maximum atomic E-state index is 6.46. The lowest BCUT2D eigenvalue weighted by atomic mass is 10.1. The molecule has 1 saturated heterocycles. The lowest BCUT2D eigenvalue weighted by Gasteiger charge is -2.29. The van der Waals surface area contributed by atoms with E-state index < -0.39 is 0 Å². The zero-order valence-corrected chi connectivity index (χ0v) is 18.1. The topological polar surface area (TPSA) is 72.7 Å². The number of para-hydroxylation sites is 1. The molecule has 3 heterocycles. The first-order chi connectivity index (χ1) is 15.1. The number of fused-ring (bicyclic) bond motifs is 2. The summed E-state index contributed by atoms with van der Waals surface area (Å²) >= 11 is 6.24. The van der Waals surface area contributed by atoms with Crippen molar-refractivity contribution in [2.75, 3.05) is 32.6 Å². The predicted octanol–water partition coefficient (Wildman–Crippen LogP) is 5.25. The number of aromatic nitrogens is 2. The van der Waals surface area contributed by atoms with E-state index in [-0.39, 0.29) is 6.10 Å². The third kappa shape index (κ3) is 3.86. The molecule has 1 aliphatic heterocycles. The number of methoxy groups -OCH3 is 1. The van der Waals surface area contributed by atoms with Crippen molar-refractivity contribution in [2.45, 2.75) is 18.9 Å². The largest absolute Gasteiger partial charge is 0.497 e. The molecule has 0 unspecified atom stereocenters. The Balaban J connectivity index is 1.58. The van der Waals surface area contributed by atoms with Crippen molar-refractivity contribution >= 4 is 45.0 Å². The van der Waals surface area contributed by atoms with Crippen molar-refractivity contribution in [1.82, 2.24) is 14.9 Å². The molecule has 5 rings (SSSR count). The van der Waals surface area contributed by atoms with Gasteiger partial charge in [0.2, 0.25) is 0 Å². The number of piperidine rings is 1. The molecule has 0 aliphatic carbocycles. The molecule has 31 heavy (non-hydrogen) atoms. The Labute approximate surface area is 184 Å². The van der Waals surface area contributed by atoms with Crippen molar-refractivity contribution in [2.24, 2.45) is 0 Å². The Morgan fingerprint density at radius 1 is 1.19 bits per heavy atom. The molecule has 0 bridgehead atoms. The summed E-state index contributed by atoms with van der Waals surface area (Å²) in [5.74, 6) is 2.03. The standard InChI is InChI=1S/C23H23ClN4O3/c1-28-8-6-14(7-9-28)31-20-11-15(29-2)10-19-21(20)23(26-13-25-19)27-18-5-3-4-16-17(24)12-30-22(16)18/h3-5,10-14H,6-9H2,1-2H3,(H,25,26,27). The van der Waals surface area contributed by atoms with Gasteiger partial charge in [0.05, 0.1) is 28.7 Å². The van der Waals surface area contributed by atoms with E-state index in [1.54, 1.807) is 7.11 Å². The van der Waals surface area contributed by atoms with Crippen LogP contribution in [-0.2, 0) is 0 Å². The summed E-state index contributed by atoms with van der Waals surface area (Å²) in [6.45, 7) is 2.02. The molecule has 0 amide bonds. The smallest absolute Gasteiger partial charge is 0.158 e.